The third-order valence-electron chi connectivity index (χ3n) is 4.07. The number of hydrogen-bond donors (Lipinski definition) is 2. The zero-order valence-electron chi connectivity index (χ0n) is 13.0. The number of aromatic carboxylic acids is 1. The van der Waals surface area contributed by atoms with Crippen molar-refractivity contribution in [3.8, 4) is 0 Å². The Bertz CT molecular complexity index is 565. The quantitative estimate of drug-likeness (QED) is 0.846. The van der Waals surface area contributed by atoms with Gasteiger partial charge < -0.3 is 15.1 Å². The minimum Gasteiger partial charge on any atom is -0.476 e. The summed E-state index contributed by atoms with van der Waals surface area (Å²) < 4.78 is 0. The van der Waals surface area contributed by atoms with Gasteiger partial charge in [-0.05, 0) is 17.8 Å². The highest BCUT2D eigenvalue weighted by molar-refractivity contribution is 5.92. The minimum atomic E-state index is -1.19. The van der Waals surface area contributed by atoms with Crippen LogP contribution in [0.1, 0.15) is 48.2 Å². The Morgan fingerprint density at radius 2 is 1.82 bits per heavy atom. The van der Waals surface area contributed by atoms with Gasteiger partial charge in [-0.15, -0.1) is 0 Å². The van der Waals surface area contributed by atoms with Crippen molar-refractivity contribution in [2.24, 2.45) is 11.3 Å². The Kier molecular flexibility index (Phi) is 4.46. The summed E-state index contributed by atoms with van der Waals surface area (Å²) in [5, 5.41) is 19.1. The molecule has 7 nitrogen and oxygen atoms in total. The molecule has 2 rings (SSSR count). The van der Waals surface area contributed by atoms with Gasteiger partial charge in [0.15, 0.2) is 5.69 Å². The number of likely N-dealkylation sites (tertiary alicyclic amines) is 1. The molecule has 1 aliphatic heterocycles. The van der Waals surface area contributed by atoms with Crippen molar-refractivity contribution in [1.29, 1.82) is 0 Å². The van der Waals surface area contributed by atoms with E-state index in [1.54, 1.807) is 0 Å². The first kappa shape index (κ1) is 16.4. The van der Waals surface area contributed by atoms with Crippen molar-refractivity contribution in [2.75, 3.05) is 13.1 Å². The smallest absolute Gasteiger partial charge is 0.356 e. The Morgan fingerprint density at radius 3 is 2.27 bits per heavy atom. The fourth-order valence-electron chi connectivity index (χ4n) is 2.84. The van der Waals surface area contributed by atoms with Crippen LogP contribution in [0.15, 0.2) is 12.4 Å². The molecule has 1 saturated heterocycles. The molecule has 0 radical (unpaired) electrons. The number of carbonyl (C=O) groups is 2. The fraction of sp³-hybridized carbons (Fsp3) is 0.600. The van der Waals surface area contributed by atoms with Crippen molar-refractivity contribution >= 4 is 11.9 Å². The molecule has 120 valence electrons. The Morgan fingerprint density at radius 1 is 1.23 bits per heavy atom. The first-order valence-electron chi connectivity index (χ1n) is 7.23. The summed E-state index contributed by atoms with van der Waals surface area (Å²) in [6.07, 6.45) is 2.36. The van der Waals surface area contributed by atoms with Gasteiger partial charge in [-0.1, -0.05) is 20.8 Å². The second kappa shape index (κ2) is 6.00. The maximum Gasteiger partial charge on any atom is 0.356 e. The van der Waals surface area contributed by atoms with E-state index in [1.165, 1.54) is 4.90 Å². The molecular formula is C15H21N3O4. The number of piperidine rings is 1. The van der Waals surface area contributed by atoms with Crippen LogP contribution in [0.2, 0.25) is 0 Å². The summed E-state index contributed by atoms with van der Waals surface area (Å²) in [5.74, 6) is -1.39. The highest BCUT2D eigenvalue weighted by atomic mass is 16.4. The maximum absolute atomic E-state index is 12.3. The standard InChI is InChI=1S/C15H21N3O4/c1-15(2,3)9-4-5-18(8-12(9)19)13(20)10-6-17-11(7-16-10)14(21)22/h6-7,9,12,19H,4-5,8H2,1-3H3,(H,21,22). The molecule has 2 unspecified atom stereocenters. The van der Waals surface area contributed by atoms with Crippen LogP contribution in [0.3, 0.4) is 0 Å². The number of aromatic nitrogens is 2. The molecule has 0 bridgehead atoms. The van der Waals surface area contributed by atoms with Gasteiger partial charge in [-0.3, -0.25) is 4.79 Å². The van der Waals surface area contributed by atoms with Gasteiger partial charge >= 0.3 is 5.97 Å². The molecule has 2 N–H and O–H groups in total. The molecule has 1 aromatic heterocycles. The summed E-state index contributed by atoms with van der Waals surface area (Å²) in [7, 11) is 0. The van der Waals surface area contributed by atoms with Crippen LogP contribution >= 0.6 is 0 Å². The summed E-state index contributed by atoms with van der Waals surface area (Å²) in [6.45, 7) is 7.03. The second-order valence-electron chi connectivity index (χ2n) is 6.67. The molecule has 0 spiro atoms. The molecule has 7 heteroatoms. The van der Waals surface area contributed by atoms with E-state index in [4.69, 9.17) is 5.11 Å². The van der Waals surface area contributed by atoms with E-state index in [1.807, 2.05) is 0 Å². The molecule has 0 aliphatic carbocycles. The lowest BCUT2D eigenvalue weighted by Crippen LogP contribution is -2.50. The lowest BCUT2D eigenvalue weighted by Gasteiger charge is -2.42. The number of aliphatic hydroxyl groups is 1. The van der Waals surface area contributed by atoms with Crippen molar-refractivity contribution in [3.05, 3.63) is 23.8 Å². The van der Waals surface area contributed by atoms with E-state index in [0.717, 1.165) is 18.8 Å². The highest BCUT2D eigenvalue weighted by Crippen LogP contribution is 2.34. The monoisotopic (exact) mass is 307 g/mol. The van der Waals surface area contributed by atoms with Crippen LogP contribution < -0.4 is 0 Å². The van der Waals surface area contributed by atoms with Gasteiger partial charge in [0.25, 0.3) is 5.91 Å². The van der Waals surface area contributed by atoms with Crippen molar-refractivity contribution in [1.82, 2.24) is 14.9 Å². The van der Waals surface area contributed by atoms with E-state index < -0.39 is 12.1 Å². The van der Waals surface area contributed by atoms with Crippen LogP contribution in [-0.2, 0) is 0 Å². The van der Waals surface area contributed by atoms with Crippen LogP contribution in [0, 0.1) is 11.3 Å². The van der Waals surface area contributed by atoms with Gasteiger partial charge in [0.1, 0.15) is 5.69 Å². The SMILES string of the molecule is CC(C)(C)C1CCN(C(=O)c2cnc(C(=O)O)cn2)CC1O. The van der Waals surface area contributed by atoms with E-state index in [-0.39, 0.29) is 35.2 Å². The normalized spacial score (nSPS) is 22.5. The average molecular weight is 307 g/mol. The van der Waals surface area contributed by atoms with Crippen LogP contribution in [-0.4, -0.2) is 56.2 Å². The molecule has 1 amide bonds. The zero-order valence-corrected chi connectivity index (χ0v) is 13.0. The number of carbonyl (C=O) groups excluding carboxylic acids is 1. The molecular weight excluding hydrogens is 286 g/mol. The molecule has 1 fully saturated rings. The molecule has 1 aromatic rings. The zero-order chi connectivity index (χ0) is 16.5. The Hall–Kier alpha value is -2.02. The van der Waals surface area contributed by atoms with Gasteiger partial charge in [0.2, 0.25) is 0 Å². The number of hydrogen-bond acceptors (Lipinski definition) is 5. The summed E-state index contributed by atoms with van der Waals surface area (Å²) >= 11 is 0. The Labute approximate surface area is 129 Å². The van der Waals surface area contributed by atoms with Gasteiger partial charge in [0, 0.05) is 13.1 Å². The molecule has 0 saturated carbocycles. The van der Waals surface area contributed by atoms with Gasteiger partial charge in [-0.2, -0.15) is 0 Å². The number of nitrogens with zero attached hydrogens (tertiary/aromatic N) is 3. The lowest BCUT2D eigenvalue weighted by atomic mass is 9.73. The topological polar surface area (TPSA) is 104 Å². The van der Waals surface area contributed by atoms with Crippen LogP contribution in [0.25, 0.3) is 0 Å². The first-order chi connectivity index (χ1) is 10.2. The molecule has 0 aromatic carbocycles. The fourth-order valence-corrected chi connectivity index (χ4v) is 2.84. The number of carboxylic acid groups (broad SMARTS) is 1. The third-order valence-corrected chi connectivity index (χ3v) is 4.07. The minimum absolute atomic E-state index is 0.0164. The van der Waals surface area contributed by atoms with E-state index in [0.29, 0.717) is 6.54 Å². The number of aliphatic hydroxyl groups excluding tert-OH is 1. The first-order valence-corrected chi connectivity index (χ1v) is 7.23. The van der Waals surface area contributed by atoms with Crippen molar-refractivity contribution in [2.45, 2.75) is 33.3 Å². The number of carboxylic acids is 1. The molecule has 1 aliphatic rings. The summed E-state index contributed by atoms with van der Waals surface area (Å²) in [5.41, 5.74) is -0.133. The predicted molar refractivity (Wildman–Crippen MR) is 78.5 cm³/mol. The van der Waals surface area contributed by atoms with Crippen molar-refractivity contribution in [3.63, 3.8) is 0 Å². The summed E-state index contributed by atoms with van der Waals surface area (Å²) in [4.78, 5) is 32.2. The van der Waals surface area contributed by atoms with Gasteiger partial charge in [-0.25, -0.2) is 14.8 Å². The molecule has 22 heavy (non-hydrogen) atoms. The Balaban J connectivity index is 2.07. The second-order valence-corrected chi connectivity index (χ2v) is 6.67. The van der Waals surface area contributed by atoms with E-state index >= 15 is 0 Å². The largest absolute Gasteiger partial charge is 0.476 e. The number of β-amino-alcohol motifs (C(OH)–C–C–N with tert-alkyl or cyclic N) is 1. The maximum atomic E-state index is 12.3. The van der Waals surface area contributed by atoms with E-state index in [2.05, 4.69) is 30.7 Å². The summed E-state index contributed by atoms with van der Waals surface area (Å²) in [6, 6.07) is 0. The average Bonchev–Trinajstić information content (AvgIpc) is 2.45. The van der Waals surface area contributed by atoms with Gasteiger partial charge in [0.05, 0.1) is 18.5 Å². The number of amides is 1. The molecule has 2 atom stereocenters. The van der Waals surface area contributed by atoms with E-state index in [9.17, 15) is 14.7 Å². The lowest BCUT2D eigenvalue weighted by molar-refractivity contribution is -0.0190. The molecule has 2 heterocycles. The highest BCUT2D eigenvalue weighted by Gasteiger charge is 2.37. The predicted octanol–water partition coefficient (Wildman–Crippen LogP) is 1.04. The third kappa shape index (κ3) is 3.41. The number of rotatable bonds is 2. The van der Waals surface area contributed by atoms with Crippen LogP contribution in [0.4, 0.5) is 0 Å². The van der Waals surface area contributed by atoms with Crippen LogP contribution in [0.5, 0.6) is 0 Å². The van der Waals surface area contributed by atoms with Crippen molar-refractivity contribution < 1.29 is 19.8 Å².